The van der Waals surface area contributed by atoms with E-state index in [-0.39, 0.29) is 11.3 Å². The fourth-order valence-electron chi connectivity index (χ4n) is 4.15. The second kappa shape index (κ2) is 7.90. The van der Waals surface area contributed by atoms with E-state index in [4.69, 9.17) is 16.0 Å². The highest BCUT2D eigenvalue weighted by Crippen LogP contribution is 2.43. The number of furan rings is 1. The number of aryl methyl sites for hydroxylation is 1. The standard InChI is InChI=1S/C26H17ClFNO4/c1-14-4-2-3-5-19(14)23-22(24(30)21-13-15-12-16(27)6-11-20(15)33-21)25(31)26(32)29(23)18-9-7-17(28)8-10-18/h2-13,23,31H,1H3. The molecule has 1 aliphatic heterocycles. The lowest BCUT2D eigenvalue weighted by atomic mass is 9.92. The molecule has 0 spiro atoms. The Hall–Kier alpha value is -3.90. The van der Waals surface area contributed by atoms with Gasteiger partial charge in [-0.15, -0.1) is 0 Å². The van der Waals surface area contributed by atoms with Crippen molar-refractivity contribution in [3.05, 3.63) is 112 Å². The number of carbonyl (C=O) groups is 2. The van der Waals surface area contributed by atoms with Crippen LogP contribution in [-0.2, 0) is 4.79 Å². The van der Waals surface area contributed by atoms with Gasteiger partial charge in [-0.1, -0.05) is 35.9 Å². The number of ketones is 1. The Morgan fingerprint density at radius 1 is 1.06 bits per heavy atom. The van der Waals surface area contributed by atoms with Crippen molar-refractivity contribution in [2.24, 2.45) is 0 Å². The molecule has 33 heavy (non-hydrogen) atoms. The minimum atomic E-state index is -0.923. The quantitative estimate of drug-likeness (QED) is 0.361. The summed E-state index contributed by atoms with van der Waals surface area (Å²) in [7, 11) is 0. The molecule has 164 valence electrons. The van der Waals surface area contributed by atoms with Gasteiger partial charge in [0.1, 0.15) is 11.4 Å². The molecule has 1 aromatic heterocycles. The van der Waals surface area contributed by atoms with Gasteiger partial charge in [0.2, 0.25) is 5.78 Å². The summed E-state index contributed by atoms with van der Waals surface area (Å²) in [6.45, 7) is 1.85. The highest BCUT2D eigenvalue weighted by molar-refractivity contribution is 6.31. The van der Waals surface area contributed by atoms with Gasteiger partial charge < -0.3 is 9.52 Å². The van der Waals surface area contributed by atoms with Crippen molar-refractivity contribution in [1.29, 1.82) is 0 Å². The molecular formula is C26H17ClFNO4. The summed E-state index contributed by atoms with van der Waals surface area (Å²) in [5.74, 6) is -2.53. The van der Waals surface area contributed by atoms with E-state index < -0.39 is 29.3 Å². The van der Waals surface area contributed by atoms with Crippen molar-refractivity contribution in [3.8, 4) is 0 Å². The SMILES string of the molecule is Cc1ccccc1C1C(C(=O)c2cc3cc(Cl)ccc3o2)=C(O)C(=O)N1c1ccc(F)cc1. The highest BCUT2D eigenvalue weighted by atomic mass is 35.5. The summed E-state index contributed by atoms with van der Waals surface area (Å²) in [5.41, 5.74) is 2.17. The van der Waals surface area contributed by atoms with Crippen molar-refractivity contribution >= 4 is 39.9 Å². The second-order valence-corrected chi connectivity index (χ2v) is 8.23. The lowest BCUT2D eigenvalue weighted by molar-refractivity contribution is -0.117. The molecule has 0 aliphatic carbocycles. The normalized spacial score (nSPS) is 16.2. The molecule has 0 saturated carbocycles. The van der Waals surface area contributed by atoms with E-state index >= 15 is 0 Å². The van der Waals surface area contributed by atoms with Gasteiger partial charge in [0.25, 0.3) is 5.91 Å². The number of carbonyl (C=O) groups excluding carboxylic acids is 2. The van der Waals surface area contributed by atoms with E-state index in [1.165, 1.54) is 35.2 Å². The van der Waals surface area contributed by atoms with Gasteiger partial charge in [0, 0.05) is 16.1 Å². The molecule has 1 aliphatic rings. The van der Waals surface area contributed by atoms with Crippen LogP contribution in [0.2, 0.25) is 5.02 Å². The van der Waals surface area contributed by atoms with E-state index in [1.807, 2.05) is 19.1 Å². The number of hydrogen-bond acceptors (Lipinski definition) is 4. The van der Waals surface area contributed by atoms with E-state index in [0.717, 1.165) is 5.56 Å². The maximum absolute atomic E-state index is 13.6. The maximum Gasteiger partial charge on any atom is 0.294 e. The molecule has 1 N–H and O–H groups in total. The van der Waals surface area contributed by atoms with Crippen LogP contribution in [0.25, 0.3) is 11.0 Å². The smallest absolute Gasteiger partial charge is 0.294 e. The highest BCUT2D eigenvalue weighted by Gasteiger charge is 2.45. The van der Waals surface area contributed by atoms with Crippen LogP contribution in [0.4, 0.5) is 10.1 Å². The number of anilines is 1. The minimum Gasteiger partial charge on any atom is -0.503 e. The van der Waals surface area contributed by atoms with Crippen LogP contribution in [0.5, 0.6) is 0 Å². The van der Waals surface area contributed by atoms with Gasteiger partial charge in [-0.2, -0.15) is 0 Å². The van der Waals surface area contributed by atoms with Gasteiger partial charge in [-0.3, -0.25) is 14.5 Å². The number of benzene rings is 3. The number of fused-ring (bicyclic) bond motifs is 1. The molecule has 3 aromatic carbocycles. The van der Waals surface area contributed by atoms with Crippen LogP contribution in [0.1, 0.15) is 27.7 Å². The van der Waals surface area contributed by atoms with E-state index in [9.17, 15) is 19.1 Å². The maximum atomic E-state index is 13.6. The average Bonchev–Trinajstić information content (AvgIpc) is 3.33. The molecule has 1 atom stereocenters. The van der Waals surface area contributed by atoms with Crippen LogP contribution in [0.15, 0.2) is 88.5 Å². The molecule has 5 rings (SSSR count). The molecule has 1 unspecified atom stereocenters. The third kappa shape index (κ3) is 3.49. The van der Waals surface area contributed by atoms with Crippen molar-refractivity contribution in [2.45, 2.75) is 13.0 Å². The number of halogens is 2. The molecule has 5 nitrogen and oxygen atoms in total. The summed E-state index contributed by atoms with van der Waals surface area (Å²) in [4.78, 5) is 28.1. The third-order valence-corrected chi connectivity index (χ3v) is 5.98. The zero-order chi connectivity index (χ0) is 23.3. The van der Waals surface area contributed by atoms with Gasteiger partial charge >= 0.3 is 0 Å². The second-order valence-electron chi connectivity index (χ2n) is 7.79. The first kappa shape index (κ1) is 21.0. The van der Waals surface area contributed by atoms with E-state index in [1.54, 1.807) is 30.3 Å². The third-order valence-electron chi connectivity index (χ3n) is 5.74. The van der Waals surface area contributed by atoms with Crippen LogP contribution in [0, 0.1) is 12.7 Å². The number of hydrogen-bond donors (Lipinski definition) is 1. The Bertz CT molecular complexity index is 1450. The van der Waals surface area contributed by atoms with Gasteiger partial charge in [-0.25, -0.2) is 4.39 Å². The molecular weight excluding hydrogens is 445 g/mol. The lowest BCUT2D eigenvalue weighted by Gasteiger charge is -2.27. The van der Waals surface area contributed by atoms with Crippen molar-refractivity contribution in [1.82, 2.24) is 0 Å². The Labute approximate surface area is 193 Å². The summed E-state index contributed by atoms with van der Waals surface area (Å²) in [5, 5.41) is 12.0. The first-order valence-electron chi connectivity index (χ1n) is 10.2. The fraction of sp³-hybridized carbons (Fsp3) is 0.0769. The molecule has 4 aromatic rings. The molecule has 0 saturated heterocycles. The average molecular weight is 462 g/mol. The molecule has 0 radical (unpaired) electrons. The summed E-state index contributed by atoms with van der Waals surface area (Å²) in [6, 6.07) is 18.1. The van der Waals surface area contributed by atoms with Crippen molar-refractivity contribution in [3.63, 3.8) is 0 Å². The lowest BCUT2D eigenvalue weighted by Crippen LogP contribution is -2.31. The zero-order valence-corrected chi connectivity index (χ0v) is 18.1. The van der Waals surface area contributed by atoms with Gasteiger partial charge in [-0.05, 0) is 66.6 Å². The van der Waals surface area contributed by atoms with Gasteiger partial charge in [0.05, 0.1) is 11.6 Å². The number of aliphatic hydroxyl groups is 1. The molecule has 1 amide bonds. The Morgan fingerprint density at radius 2 is 1.79 bits per heavy atom. The van der Waals surface area contributed by atoms with Crippen LogP contribution < -0.4 is 4.90 Å². The topological polar surface area (TPSA) is 70.7 Å². The van der Waals surface area contributed by atoms with E-state index in [2.05, 4.69) is 0 Å². The number of rotatable bonds is 4. The zero-order valence-electron chi connectivity index (χ0n) is 17.4. The van der Waals surface area contributed by atoms with Gasteiger partial charge in [0.15, 0.2) is 11.5 Å². The predicted molar refractivity (Wildman–Crippen MR) is 123 cm³/mol. The Balaban J connectivity index is 1.67. The summed E-state index contributed by atoms with van der Waals surface area (Å²) in [6.07, 6.45) is 0. The largest absolute Gasteiger partial charge is 0.503 e. The number of nitrogens with zero attached hydrogens (tertiary/aromatic N) is 1. The molecule has 7 heteroatoms. The monoisotopic (exact) mass is 461 g/mol. The van der Waals surface area contributed by atoms with Crippen LogP contribution >= 0.6 is 11.6 Å². The molecule has 2 heterocycles. The van der Waals surface area contributed by atoms with Crippen molar-refractivity contribution < 1.29 is 23.5 Å². The number of Topliss-reactive ketones (excluding diaryl/α,β-unsaturated/α-hetero) is 1. The van der Waals surface area contributed by atoms with Crippen LogP contribution in [0.3, 0.4) is 0 Å². The summed E-state index contributed by atoms with van der Waals surface area (Å²) < 4.78 is 19.3. The fourth-order valence-corrected chi connectivity index (χ4v) is 4.33. The molecule has 0 fully saturated rings. The number of aliphatic hydroxyl groups excluding tert-OH is 1. The number of amides is 1. The first-order valence-corrected chi connectivity index (χ1v) is 10.5. The Kier molecular flexibility index (Phi) is 5.02. The Morgan fingerprint density at radius 3 is 2.52 bits per heavy atom. The van der Waals surface area contributed by atoms with Crippen molar-refractivity contribution in [2.75, 3.05) is 4.90 Å². The molecule has 0 bridgehead atoms. The van der Waals surface area contributed by atoms with E-state index in [0.29, 0.717) is 27.2 Å². The summed E-state index contributed by atoms with van der Waals surface area (Å²) >= 11 is 6.04. The predicted octanol–water partition coefficient (Wildman–Crippen LogP) is 6.32. The van der Waals surface area contributed by atoms with Crippen LogP contribution in [-0.4, -0.2) is 16.8 Å². The minimum absolute atomic E-state index is 0.0267. The first-order chi connectivity index (χ1) is 15.8.